The summed E-state index contributed by atoms with van der Waals surface area (Å²) in [6, 6.07) is 5.05. The molecular weight excluding hydrogens is 369 g/mol. The highest BCUT2D eigenvalue weighted by Gasteiger charge is 2.31. The topological polar surface area (TPSA) is 57.7 Å². The number of hydrogen-bond acceptors (Lipinski definition) is 4. The quantitative estimate of drug-likeness (QED) is 0.788. The summed E-state index contributed by atoms with van der Waals surface area (Å²) < 4.78 is 61.0. The first kappa shape index (κ1) is 20.7. The minimum atomic E-state index is -4.35. The number of amides is 1. The van der Waals surface area contributed by atoms with Crippen LogP contribution in [0.3, 0.4) is 0 Å². The molecule has 0 bridgehead atoms. The van der Waals surface area contributed by atoms with Crippen molar-refractivity contribution in [3.8, 4) is 0 Å². The third-order valence-corrected chi connectivity index (χ3v) is 6.06. The minimum absolute atomic E-state index is 0.399. The third kappa shape index (κ3) is 5.44. The molecule has 1 fully saturated rings. The molecule has 1 amide bonds. The van der Waals surface area contributed by atoms with Crippen LogP contribution in [0.15, 0.2) is 24.3 Å². The summed E-state index contributed by atoms with van der Waals surface area (Å²) >= 11 is 0. The number of carbonyl (C=O) groups excluding carboxylic acids is 1. The van der Waals surface area contributed by atoms with Crippen LogP contribution in [0.25, 0.3) is 0 Å². The van der Waals surface area contributed by atoms with Crippen molar-refractivity contribution in [1.29, 1.82) is 0 Å². The van der Waals surface area contributed by atoms with Crippen LogP contribution in [0.2, 0.25) is 0 Å². The number of carbonyl (C=O) groups is 1. The van der Waals surface area contributed by atoms with Gasteiger partial charge in [-0.1, -0.05) is 12.1 Å². The Balaban J connectivity index is 1.95. The highest BCUT2D eigenvalue weighted by molar-refractivity contribution is 7.92. The van der Waals surface area contributed by atoms with Gasteiger partial charge < -0.3 is 4.90 Å². The fourth-order valence-corrected chi connectivity index (χ4v) is 3.36. The zero-order valence-electron chi connectivity index (χ0n) is 14.8. The molecule has 0 aliphatic carbocycles. The Morgan fingerprint density at radius 1 is 1.12 bits per heavy atom. The molecule has 2 rings (SSSR count). The molecule has 0 N–H and O–H groups in total. The molecule has 0 saturated carbocycles. The number of hydrogen-bond donors (Lipinski definition) is 0. The number of halogens is 3. The van der Waals surface area contributed by atoms with Gasteiger partial charge in [0.15, 0.2) is 9.84 Å². The fourth-order valence-electron chi connectivity index (χ4n) is 2.85. The Morgan fingerprint density at radius 2 is 1.73 bits per heavy atom. The molecular formula is C17H23F3N2O3S. The normalized spacial score (nSPS) is 18.4. The van der Waals surface area contributed by atoms with E-state index < -0.39 is 32.7 Å². The first-order valence-electron chi connectivity index (χ1n) is 8.34. The van der Waals surface area contributed by atoms with E-state index in [0.717, 1.165) is 24.0 Å². The molecule has 1 heterocycles. The van der Waals surface area contributed by atoms with Gasteiger partial charge in [0.05, 0.1) is 5.56 Å². The van der Waals surface area contributed by atoms with Gasteiger partial charge in [-0.15, -0.1) is 0 Å². The van der Waals surface area contributed by atoms with Gasteiger partial charge in [-0.2, -0.15) is 13.2 Å². The second kappa shape index (κ2) is 7.96. The molecule has 5 nitrogen and oxygen atoms in total. The van der Waals surface area contributed by atoms with Gasteiger partial charge in [-0.3, -0.25) is 9.69 Å². The van der Waals surface area contributed by atoms with Crippen LogP contribution in [0.5, 0.6) is 0 Å². The monoisotopic (exact) mass is 392 g/mol. The van der Waals surface area contributed by atoms with Gasteiger partial charge in [0.2, 0.25) is 5.91 Å². The van der Waals surface area contributed by atoms with E-state index in [2.05, 4.69) is 4.90 Å². The highest BCUT2D eigenvalue weighted by Crippen LogP contribution is 2.29. The maximum atomic E-state index is 12.6. The number of alkyl halides is 3. The van der Waals surface area contributed by atoms with Crippen molar-refractivity contribution < 1.29 is 26.4 Å². The standard InChI is InChI=1S/C17H23F3N2O3S/c1-13(26(2,24)25)16(23)22-9-3-8-21(10-11-22)12-14-4-6-15(7-5-14)17(18,19)20/h4-7,13H,3,8-12H2,1-2H3. The van der Waals surface area contributed by atoms with E-state index in [0.29, 0.717) is 39.1 Å². The fraction of sp³-hybridized carbons (Fsp3) is 0.588. The van der Waals surface area contributed by atoms with Crippen molar-refractivity contribution >= 4 is 15.7 Å². The van der Waals surface area contributed by atoms with E-state index >= 15 is 0 Å². The van der Waals surface area contributed by atoms with E-state index in [1.165, 1.54) is 19.1 Å². The molecule has 146 valence electrons. The summed E-state index contributed by atoms with van der Waals surface area (Å²) in [6.07, 6.45) is -2.62. The Hall–Kier alpha value is -1.61. The summed E-state index contributed by atoms with van der Waals surface area (Å²) in [5.74, 6) is -0.399. The second-order valence-corrected chi connectivity index (χ2v) is 8.99. The molecule has 26 heavy (non-hydrogen) atoms. The Kier molecular flexibility index (Phi) is 6.33. The van der Waals surface area contributed by atoms with Crippen molar-refractivity contribution in [3.05, 3.63) is 35.4 Å². The van der Waals surface area contributed by atoms with E-state index in [-0.39, 0.29) is 0 Å². The first-order valence-corrected chi connectivity index (χ1v) is 10.3. The number of sulfone groups is 1. The van der Waals surface area contributed by atoms with Crippen molar-refractivity contribution in [2.75, 3.05) is 32.4 Å². The highest BCUT2D eigenvalue weighted by atomic mass is 32.2. The summed E-state index contributed by atoms with van der Waals surface area (Å²) in [6.45, 7) is 3.99. The summed E-state index contributed by atoms with van der Waals surface area (Å²) in [5.41, 5.74) is 0.0888. The predicted octanol–water partition coefficient (Wildman–Crippen LogP) is 2.17. The van der Waals surface area contributed by atoms with Gasteiger partial charge in [0.1, 0.15) is 5.25 Å². The van der Waals surface area contributed by atoms with Crippen molar-refractivity contribution in [2.24, 2.45) is 0 Å². The Labute approximate surface area is 151 Å². The van der Waals surface area contributed by atoms with Crippen LogP contribution >= 0.6 is 0 Å². The van der Waals surface area contributed by atoms with Crippen molar-refractivity contribution in [2.45, 2.75) is 31.3 Å². The minimum Gasteiger partial charge on any atom is -0.340 e. The molecule has 1 aromatic carbocycles. The lowest BCUT2D eigenvalue weighted by atomic mass is 10.1. The smallest absolute Gasteiger partial charge is 0.340 e. The van der Waals surface area contributed by atoms with Crippen LogP contribution in [-0.4, -0.2) is 61.8 Å². The van der Waals surface area contributed by atoms with Crippen molar-refractivity contribution in [1.82, 2.24) is 9.80 Å². The van der Waals surface area contributed by atoms with Gasteiger partial charge in [-0.05, 0) is 31.0 Å². The lowest BCUT2D eigenvalue weighted by molar-refractivity contribution is -0.137. The van der Waals surface area contributed by atoms with Gasteiger partial charge in [0.25, 0.3) is 0 Å². The molecule has 0 radical (unpaired) electrons. The van der Waals surface area contributed by atoms with Crippen molar-refractivity contribution in [3.63, 3.8) is 0 Å². The third-order valence-electron chi connectivity index (χ3n) is 4.58. The average Bonchev–Trinajstić information content (AvgIpc) is 2.78. The lowest BCUT2D eigenvalue weighted by Gasteiger charge is -2.24. The van der Waals surface area contributed by atoms with Gasteiger partial charge in [-0.25, -0.2) is 8.42 Å². The first-order chi connectivity index (χ1) is 12.0. The summed E-state index contributed by atoms with van der Waals surface area (Å²) in [4.78, 5) is 15.9. The molecule has 0 aromatic heterocycles. The van der Waals surface area contributed by atoms with Crippen LogP contribution in [-0.2, 0) is 27.4 Å². The van der Waals surface area contributed by atoms with Crippen LogP contribution in [0, 0.1) is 0 Å². The van der Waals surface area contributed by atoms with Gasteiger partial charge >= 0.3 is 6.18 Å². The van der Waals surface area contributed by atoms with Crippen LogP contribution in [0.1, 0.15) is 24.5 Å². The molecule has 1 saturated heterocycles. The molecule has 1 atom stereocenters. The second-order valence-electron chi connectivity index (χ2n) is 6.62. The SMILES string of the molecule is CC(C(=O)N1CCCN(Cc2ccc(C(F)(F)F)cc2)CC1)S(C)(=O)=O. The van der Waals surface area contributed by atoms with Gasteiger partial charge in [0, 0.05) is 39.0 Å². The molecule has 9 heteroatoms. The zero-order valence-corrected chi connectivity index (χ0v) is 15.6. The Bertz CT molecular complexity index is 733. The van der Waals surface area contributed by atoms with Crippen LogP contribution in [0.4, 0.5) is 13.2 Å². The van der Waals surface area contributed by atoms with E-state index in [4.69, 9.17) is 0 Å². The largest absolute Gasteiger partial charge is 0.416 e. The maximum Gasteiger partial charge on any atom is 0.416 e. The van der Waals surface area contributed by atoms with Crippen LogP contribution < -0.4 is 0 Å². The number of nitrogens with zero attached hydrogens (tertiary/aromatic N) is 2. The molecule has 1 unspecified atom stereocenters. The lowest BCUT2D eigenvalue weighted by Crippen LogP contribution is -2.43. The zero-order chi connectivity index (χ0) is 19.5. The molecule has 1 aliphatic rings. The summed E-state index contributed by atoms with van der Waals surface area (Å²) in [7, 11) is -3.44. The molecule has 1 aromatic rings. The predicted molar refractivity (Wildman–Crippen MR) is 92.2 cm³/mol. The van der Waals surface area contributed by atoms with E-state index in [9.17, 15) is 26.4 Å². The van der Waals surface area contributed by atoms with E-state index in [1.54, 1.807) is 4.90 Å². The summed E-state index contributed by atoms with van der Waals surface area (Å²) in [5, 5.41) is -1.07. The molecule has 1 aliphatic heterocycles. The maximum absolute atomic E-state index is 12.6. The molecule has 0 spiro atoms. The number of rotatable bonds is 4. The Morgan fingerprint density at radius 3 is 2.27 bits per heavy atom. The number of benzene rings is 1. The van der Waals surface area contributed by atoms with E-state index in [1.807, 2.05) is 0 Å². The average molecular weight is 392 g/mol.